The van der Waals surface area contributed by atoms with Gasteiger partial charge in [-0.2, -0.15) is 0 Å². The molecule has 3 rings (SSSR count). The minimum absolute atomic E-state index is 0.188. The number of phenolic OH excluding ortho intramolecular Hbond substituents is 1. The number of para-hydroxylation sites is 1. The Balaban J connectivity index is 1.59. The molecule has 0 aliphatic rings. The van der Waals surface area contributed by atoms with Crippen molar-refractivity contribution < 1.29 is 14.4 Å². The van der Waals surface area contributed by atoms with Crippen molar-refractivity contribution >= 4 is 11.8 Å². The minimum atomic E-state index is -0.188. The lowest BCUT2D eigenvalue weighted by atomic mass is 10.1. The number of benzene rings is 2. The topological polar surface area (TPSA) is 75.4 Å². The van der Waals surface area contributed by atoms with E-state index >= 15 is 0 Å². The van der Waals surface area contributed by atoms with Gasteiger partial charge >= 0.3 is 0 Å². The van der Waals surface area contributed by atoms with Crippen molar-refractivity contribution in [3.63, 3.8) is 0 Å². The Bertz CT molecular complexity index is 853. The molecule has 0 radical (unpaired) electrons. The minimum Gasteiger partial charge on any atom is -0.508 e. The lowest BCUT2D eigenvalue weighted by molar-refractivity contribution is -0.116. The molecule has 0 aliphatic heterocycles. The predicted molar refractivity (Wildman–Crippen MR) is 96.4 cm³/mol. The highest BCUT2D eigenvalue weighted by molar-refractivity contribution is 5.90. The molecule has 0 aliphatic carbocycles. The number of aryl methyl sites for hydroxylation is 2. The molecule has 5 heteroatoms. The van der Waals surface area contributed by atoms with Crippen molar-refractivity contribution in [3.8, 4) is 17.0 Å². The summed E-state index contributed by atoms with van der Waals surface area (Å²) >= 11 is 0. The maximum Gasteiger partial charge on any atom is 0.231 e. The van der Waals surface area contributed by atoms with E-state index in [1.165, 1.54) is 5.56 Å². The van der Waals surface area contributed by atoms with Gasteiger partial charge in [-0.3, -0.25) is 10.1 Å². The highest BCUT2D eigenvalue weighted by Gasteiger charge is 2.10. The fourth-order valence-electron chi connectivity index (χ4n) is 2.55. The van der Waals surface area contributed by atoms with Crippen LogP contribution in [0.5, 0.6) is 5.75 Å². The Morgan fingerprint density at radius 3 is 2.64 bits per heavy atom. The number of amides is 1. The summed E-state index contributed by atoms with van der Waals surface area (Å²) in [6, 6.07) is 16.8. The van der Waals surface area contributed by atoms with E-state index < -0.39 is 0 Å². The van der Waals surface area contributed by atoms with Crippen LogP contribution in [0.15, 0.2) is 59.1 Å². The molecule has 1 aromatic heterocycles. The highest BCUT2D eigenvalue weighted by atomic mass is 16.5. The molecule has 0 bridgehead atoms. The summed E-state index contributed by atoms with van der Waals surface area (Å²) in [6.45, 7) is 2.11. The number of hydrogen-bond donors (Lipinski definition) is 2. The average molecular weight is 336 g/mol. The van der Waals surface area contributed by atoms with Crippen molar-refractivity contribution in [3.05, 3.63) is 65.7 Å². The number of nitrogens with one attached hydrogen (secondary N) is 1. The first-order valence-corrected chi connectivity index (χ1v) is 8.28. The van der Waals surface area contributed by atoms with Crippen molar-refractivity contribution in [2.75, 3.05) is 5.32 Å². The van der Waals surface area contributed by atoms with Gasteiger partial charge in [0.25, 0.3) is 0 Å². The van der Waals surface area contributed by atoms with Gasteiger partial charge in [-0.05, 0) is 30.0 Å². The maximum absolute atomic E-state index is 12.0. The van der Waals surface area contributed by atoms with E-state index in [2.05, 4.69) is 29.5 Å². The number of aromatic hydroxyl groups is 1. The van der Waals surface area contributed by atoms with Crippen molar-refractivity contribution in [2.45, 2.75) is 26.2 Å². The molecular formula is C20H20N2O3. The second kappa shape index (κ2) is 7.66. The number of phenols is 1. The molecule has 1 heterocycles. The second-order valence-electron chi connectivity index (χ2n) is 5.80. The molecule has 0 saturated carbocycles. The second-order valence-corrected chi connectivity index (χ2v) is 5.80. The molecular weight excluding hydrogens is 316 g/mol. The van der Waals surface area contributed by atoms with Crippen molar-refractivity contribution in [1.29, 1.82) is 0 Å². The lowest BCUT2D eigenvalue weighted by Crippen LogP contribution is -2.11. The Labute approximate surface area is 146 Å². The number of rotatable bonds is 6. The number of aromatic nitrogens is 1. The third-order valence-electron chi connectivity index (χ3n) is 4.04. The first kappa shape index (κ1) is 16.8. The maximum atomic E-state index is 12.0. The van der Waals surface area contributed by atoms with Crippen LogP contribution < -0.4 is 5.32 Å². The van der Waals surface area contributed by atoms with E-state index in [1.54, 1.807) is 24.3 Å². The predicted octanol–water partition coefficient (Wildman–Crippen LogP) is 4.18. The molecule has 2 N–H and O–H groups in total. The molecule has 25 heavy (non-hydrogen) atoms. The van der Waals surface area contributed by atoms with E-state index in [9.17, 15) is 9.90 Å². The average Bonchev–Trinajstić information content (AvgIpc) is 3.09. The molecule has 2 aromatic carbocycles. The zero-order valence-corrected chi connectivity index (χ0v) is 14.0. The van der Waals surface area contributed by atoms with E-state index in [0.29, 0.717) is 18.0 Å². The van der Waals surface area contributed by atoms with Gasteiger partial charge in [0.2, 0.25) is 11.8 Å². The molecule has 5 nitrogen and oxygen atoms in total. The van der Waals surface area contributed by atoms with Crippen LogP contribution >= 0.6 is 0 Å². The van der Waals surface area contributed by atoms with E-state index in [-0.39, 0.29) is 18.1 Å². The van der Waals surface area contributed by atoms with Gasteiger partial charge in [0.15, 0.2) is 0 Å². The molecule has 128 valence electrons. The van der Waals surface area contributed by atoms with Crippen molar-refractivity contribution in [2.24, 2.45) is 0 Å². The third kappa shape index (κ3) is 4.26. The fraction of sp³-hybridized carbons (Fsp3) is 0.200. The smallest absolute Gasteiger partial charge is 0.231 e. The van der Waals surface area contributed by atoms with E-state index in [1.807, 2.05) is 18.2 Å². The summed E-state index contributed by atoms with van der Waals surface area (Å²) in [5, 5.41) is 16.4. The first-order chi connectivity index (χ1) is 12.2. The van der Waals surface area contributed by atoms with Gasteiger partial charge in [-0.25, -0.2) is 0 Å². The summed E-state index contributed by atoms with van der Waals surface area (Å²) < 4.78 is 5.19. The van der Waals surface area contributed by atoms with Crippen LogP contribution in [-0.4, -0.2) is 16.2 Å². The zero-order chi connectivity index (χ0) is 17.6. The van der Waals surface area contributed by atoms with Gasteiger partial charge < -0.3 is 9.63 Å². The van der Waals surface area contributed by atoms with Crippen LogP contribution in [0.3, 0.4) is 0 Å². The number of carbonyl (C=O) groups is 1. The van der Waals surface area contributed by atoms with Crippen LogP contribution in [-0.2, 0) is 17.6 Å². The fourth-order valence-corrected chi connectivity index (χ4v) is 2.55. The molecule has 3 aromatic rings. The molecule has 0 saturated heterocycles. The Kier molecular flexibility index (Phi) is 5.14. The molecule has 0 spiro atoms. The molecule has 0 fully saturated rings. The monoisotopic (exact) mass is 336 g/mol. The highest BCUT2D eigenvalue weighted by Crippen LogP contribution is 2.23. The van der Waals surface area contributed by atoms with E-state index in [0.717, 1.165) is 17.5 Å². The van der Waals surface area contributed by atoms with Crippen molar-refractivity contribution in [1.82, 2.24) is 5.16 Å². The zero-order valence-electron chi connectivity index (χ0n) is 14.0. The van der Waals surface area contributed by atoms with Crippen LogP contribution in [0.4, 0.5) is 5.88 Å². The van der Waals surface area contributed by atoms with Gasteiger partial charge in [-0.1, -0.05) is 54.5 Å². The lowest BCUT2D eigenvalue weighted by Gasteiger charge is -2.03. The van der Waals surface area contributed by atoms with E-state index in [4.69, 9.17) is 4.52 Å². The summed E-state index contributed by atoms with van der Waals surface area (Å²) in [6.07, 6.45) is 1.69. The Hall–Kier alpha value is -3.08. The van der Waals surface area contributed by atoms with Gasteiger partial charge in [0, 0.05) is 18.1 Å². The summed E-state index contributed by atoms with van der Waals surface area (Å²) in [5.74, 6) is 0.330. The molecule has 1 amide bonds. The number of nitrogens with zero attached hydrogens (tertiary/aromatic N) is 1. The normalized spacial score (nSPS) is 10.6. The molecule has 0 unspecified atom stereocenters. The van der Waals surface area contributed by atoms with Gasteiger partial charge in [-0.15, -0.1) is 0 Å². The Morgan fingerprint density at radius 2 is 1.92 bits per heavy atom. The largest absolute Gasteiger partial charge is 0.508 e. The standard InChI is InChI=1S/C20H20N2O3/c1-2-14-7-9-15(10-8-14)17-13-20(25-22-17)21-19(24)12-11-16-5-3-4-6-18(16)23/h3-10,13,23H,2,11-12H2,1H3,(H,21,24). The SMILES string of the molecule is CCc1ccc(-c2cc(NC(=O)CCc3ccccc3O)on2)cc1. The van der Waals surface area contributed by atoms with Gasteiger partial charge in [0.05, 0.1) is 0 Å². The van der Waals surface area contributed by atoms with Crippen LogP contribution in [0.1, 0.15) is 24.5 Å². The summed E-state index contributed by atoms with van der Waals surface area (Å²) in [5.41, 5.74) is 3.62. The summed E-state index contributed by atoms with van der Waals surface area (Å²) in [7, 11) is 0. The van der Waals surface area contributed by atoms with Crippen LogP contribution in [0, 0.1) is 0 Å². The number of hydrogen-bond acceptors (Lipinski definition) is 4. The summed E-state index contributed by atoms with van der Waals surface area (Å²) in [4.78, 5) is 12.0. The number of carbonyl (C=O) groups excluding carboxylic acids is 1. The molecule has 0 atom stereocenters. The number of anilines is 1. The first-order valence-electron chi connectivity index (χ1n) is 8.28. The Morgan fingerprint density at radius 1 is 1.16 bits per heavy atom. The van der Waals surface area contributed by atoms with Gasteiger partial charge in [0.1, 0.15) is 11.4 Å². The van der Waals surface area contributed by atoms with Crippen LogP contribution in [0.25, 0.3) is 11.3 Å². The third-order valence-corrected chi connectivity index (χ3v) is 4.04. The van der Waals surface area contributed by atoms with Crippen LogP contribution in [0.2, 0.25) is 0 Å². The quantitative estimate of drug-likeness (QED) is 0.708.